The second kappa shape index (κ2) is 7.26. The fourth-order valence-corrected chi connectivity index (χ4v) is 4.29. The average Bonchev–Trinajstić information content (AvgIpc) is 3.25. The molecule has 0 spiro atoms. The van der Waals surface area contributed by atoms with Gasteiger partial charge in [-0.1, -0.05) is 38.5 Å². The maximum absolute atomic E-state index is 3.86. The Kier molecular flexibility index (Phi) is 5.39. The van der Waals surface area contributed by atoms with Gasteiger partial charge in [-0.3, -0.25) is 0 Å². The van der Waals surface area contributed by atoms with Crippen molar-refractivity contribution in [2.45, 2.75) is 83.1 Å². The van der Waals surface area contributed by atoms with Crippen molar-refractivity contribution in [2.75, 3.05) is 26.2 Å². The molecule has 0 radical (unpaired) electrons. The molecule has 20 heavy (non-hydrogen) atoms. The lowest BCUT2D eigenvalue weighted by Gasteiger charge is -2.42. The van der Waals surface area contributed by atoms with Crippen molar-refractivity contribution in [3.8, 4) is 0 Å². The third-order valence-electron chi connectivity index (χ3n) is 5.77. The largest absolute Gasteiger partial charge is 0.313 e. The molecule has 116 valence electrons. The molecule has 2 heteroatoms. The molecule has 0 atom stereocenters. The molecule has 0 aromatic carbocycles. The Bertz CT molecular complexity index is 271. The van der Waals surface area contributed by atoms with Gasteiger partial charge in [-0.05, 0) is 57.0 Å². The fraction of sp³-hybridized carbons (Fsp3) is 1.00. The molecule has 1 saturated heterocycles. The zero-order valence-electron chi connectivity index (χ0n) is 13.3. The summed E-state index contributed by atoms with van der Waals surface area (Å²) in [4.78, 5) is 2.82. The molecule has 3 aliphatic rings. The highest BCUT2D eigenvalue weighted by Gasteiger charge is 2.35. The maximum atomic E-state index is 3.86. The van der Waals surface area contributed by atoms with Crippen LogP contribution in [0.25, 0.3) is 0 Å². The first-order chi connectivity index (χ1) is 9.86. The summed E-state index contributed by atoms with van der Waals surface area (Å²) in [6.07, 6.45) is 17.5. The van der Waals surface area contributed by atoms with Crippen LogP contribution in [0.2, 0.25) is 0 Å². The predicted molar refractivity (Wildman–Crippen MR) is 86.1 cm³/mol. The van der Waals surface area contributed by atoms with Crippen molar-refractivity contribution in [2.24, 2.45) is 5.41 Å². The molecule has 1 aliphatic heterocycles. The van der Waals surface area contributed by atoms with Gasteiger partial charge in [0.15, 0.2) is 0 Å². The van der Waals surface area contributed by atoms with Gasteiger partial charge in [0.2, 0.25) is 0 Å². The van der Waals surface area contributed by atoms with E-state index in [4.69, 9.17) is 0 Å². The summed E-state index contributed by atoms with van der Waals surface area (Å²) in [6.45, 7) is 5.41. The Morgan fingerprint density at radius 2 is 1.40 bits per heavy atom. The highest BCUT2D eigenvalue weighted by Crippen LogP contribution is 2.37. The van der Waals surface area contributed by atoms with Crippen molar-refractivity contribution in [3.63, 3.8) is 0 Å². The van der Waals surface area contributed by atoms with Gasteiger partial charge in [0.1, 0.15) is 0 Å². The van der Waals surface area contributed by atoms with E-state index in [9.17, 15) is 0 Å². The molecule has 0 unspecified atom stereocenters. The summed E-state index contributed by atoms with van der Waals surface area (Å²) in [5.41, 5.74) is 0.611. The first-order valence-electron chi connectivity index (χ1n) is 9.32. The van der Waals surface area contributed by atoms with Crippen LogP contribution in [0.1, 0.15) is 77.0 Å². The zero-order valence-corrected chi connectivity index (χ0v) is 13.3. The van der Waals surface area contributed by atoms with Crippen LogP contribution < -0.4 is 5.32 Å². The van der Waals surface area contributed by atoms with E-state index in [1.165, 1.54) is 103 Å². The molecule has 2 aliphatic carbocycles. The highest BCUT2D eigenvalue weighted by atomic mass is 15.1. The van der Waals surface area contributed by atoms with E-state index in [2.05, 4.69) is 10.2 Å². The van der Waals surface area contributed by atoms with Crippen LogP contribution in [0, 0.1) is 5.41 Å². The molecule has 2 saturated carbocycles. The van der Waals surface area contributed by atoms with Gasteiger partial charge in [0, 0.05) is 19.1 Å². The second-order valence-corrected chi connectivity index (χ2v) is 7.76. The molecule has 1 N–H and O–H groups in total. The van der Waals surface area contributed by atoms with E-state index in [0.717, 1.165) is 6.04 Å². The molecule has 3 fully saturated rings. The van der Waals surface area contributed by atoms with Crippen LogP contribution in [-0.2, 0) is 0 Å². The molecule has 0 aromatic heterocycles. The second-order valence-electron chi connectivity index (χ2n) is 7.76. The molecule has 1 heterocycles. The predicted octanol–water partition coefficient (Wildman–Crippen LogP) is 3.96. The Morgan fingerprint density at radius 1 is 0.800 bits per heavy atom. The summed E-state index contributed by atoms with van der Waals surface area (Å²) in [5, 5.41) is 3.86. The zero-order chi connectivity index (χ0) is 13.7. The maximum Gasteiger partial charge on any atom is 0.00684 e. The van der Waals surface area contributed by atoms with Crippen LogP contribution in [0.3, 0.4) is 0 Å². The molecule has 3 rings (SSSR count). The minimum atomic E-state index is 0.611. The Hall–Kier alpha value is -0.0800. The lowest BCUT2D eigenvalue weighted by molar-refractivity contribution is 0.0960. The van der Waals surface area contributed by atoms with E-state index >= 15 is 0 Å². The summed E-state index contributed by atoms with van der Waals surface area (Å²) in [6, 6.07) is 0.876. The molecule has 0 amide bonds. The molecular formula is C18H34N2. The van der Waals surface area contributed by atoms with Gasteiger partial charge >= 0.3 is 0 Å². The lowest BCUT2D eigenvalue weighted by Crippen LogP contribution is -2.46. The van der Waals surface area contributed by atoms with Gasteiger partial charge in [0.25, 0.3) is 0 Å². The van der Waals surface area contributed by atoms with Crippen molar-refractivity contribution in [1.82, 2.24) is 10.2 Å². The van der Waals surface area contributed by atoms with Crippen molar-refractivity contribution < 1.29 is 0 Å². The van der Waals surface area contributed by atoms with E-state index < -0.39 is 0 Å². The van der Waals surface area contributed by atoms with E-state index in [1.54, 1.807) is 0 Å². The third kappa shape index (κ3) is 4.46. The Labute approximate surface area is 125 Å². The monoisotopic (exact) mass is 278 g/mol. The number of rotatable bonds is 5. The van der Waals surface area contributed by atoms with Gasteiger partial charge < -0.3 is 10.2 Å². The van der Waals surface area contributed by atoms with Crippen LogP contribution in [0.4, 0.5) is 0 Å². The van der Waals surface area contributed by atoms with Crippen LogP contribution in [0.5, 0.6) is 0 Å². The molecule has 2 nitrogen and oxygen atoms in total. The van der Waals surface area contributed by atoms with Crippen molar-refractivity contribution >= 4 is 0 Å². The number of nitrogens with one attached hydrogen (secondary N) is 1. The molecule has 0 bridgehead atoms. The topological polar surface area (TPSA) is 15.3 Å². The number of likely N-dealkylation sites (tertiary alicyclic amines) is 1. The standard InChI is InChI=1S/C18H34N2/c1-2-7-13-20(14-8-3-1)16-18(11-5-4-6-12-18)15-19-17-9-10-17/h17,19H,1-16H2. The van der Waals surface area contributed by atoms with Gasteiger partial charge in [0.05, 0.1) is 0 Å². The minimum absolute atomic E-state index is 0.611. The number of hydrogen-bond acceptors (Lipinski definition) is 2. The average molecular weight is 278 g/mol. The number of hydrogen-bond donors (Lipinski definition) is 1. The van der Waals surface area contributed by atoms with Crippen LogP contribution in [-0.4, -0.2) is 37.1 Å². The normalized spacial score (nSPS) is 28.8. The smallest absolute Gasteiger partial charge is 0.00684 e. The van der Waals surface area contributed by atoms with E-state index in [0.29, 0.717) is 5.41 Å². The summed E-state index contributed by atoms with van der Waals surface area (Å²) >= 11 is 0. The Balaban J connectivity index is 1.55. The fourth-order valence-electron chi connectivity index (χ4n) is 4.29. The summed E-state index contributed by atoms with van der Waals surface area (Å²) in [5.74, 6) is 0. The van der Waals surface area contributed by atoms with E-state index in [1.807, 2.05) is 0 Å². The highest BCUT2D eigenvalue weighted by molar-refractivity contribution is 4.91. The molecule has 0 aromatic rings. The summed E-state index contributed by atoms with van der Waals surface area (Å²) < 4.78 is 0. The van der Waals surface area contributed by atoms with Crippen molar-refractivity contribution in [3.05, 3.63) is 0 Å². The van der Waals surface area contributed by atoms with Crippen molar-refractivity contribution in [1.29, 1.82) is 0 Å². The first kappa shape index (κ1) is 14.8. The van der Waals surface area contributed by atoms with Crippen LogP contribution in [0.15, 0.2) is 0 Å². The first-order valence-corrected chi connectivity index (χ1v) is 9.32. The SMILES string of the molecule is C1CCCN(CC2(CNC3CC3)CCCCC2)CCC1. The van der Waals surface area contributed by atoms with Gasteiger partial charge in [-0.25, -0.2) is 0 Å². The minimum Gasteiger partial charge on any atom is -0.313 e. The van der Waals surface area contributed by atoms with Crippen LogP contribution >= 0.6 is 0 Å². The molecular weight excluding hydrogens is 244 g/mol. The quantitative estimate of drug-likeness (QED) is 0.819. The number of nitrogens with zero attached hydrogens (tertiary/aromatic N) is 1. The van der Waals surface area contributed by atoms with Gasteiger partial charge in [-0.15, -0.1) is 0 Å². The van der Waals surface area contributed by atoms with E-state index in [-0.39, 0.29) is 0 Å². The third-order valence-corrected chi connectivity index (χ3v) is 5.77. The van der Waals surface area contributed by atoms with Gasteiger partial charge in [-0.2, -0.15) is 0 Å². The lowest BCUT2D eigenvalue weighted by atomic mass is 9.73. The Morgan fingerprint density at radius 3 is 2.05 bits per heavy atom. The summed E-state index contributed by atoms with van der Waals surface area (Å²) in [7, 11) is 0.